The highest BCUT2D eigenvalue weighted by Crippen LogP contribution is 2.32. The molecule has 1 aliphatic heterocycles. The molecule has 0 spiro atoms. The summed E-state index contributed by atoms with van der Waals surface area (Å²) in [6.45, 7) is 2.44. The standard InChI is InChI=1S/C19H20N2O3/c1-14-8-9-17-16(10-14)21(19(23)13-24-17)12-18(22)20(2)11-15-6-4-3-5-7-15/h3-10H,11-13H2,1-2H3. The molecule has 24 heavy (non-hydrogen) atoms. The van der Waals surface area contributed by atoms with Crippen LogP contribution in [-0.4, -0.2) is 36.9 Å². The van der Waals surface area contributed by atoms with Gasteiger partial charge in [0.2, 0.25) is 5.91 Å². The van der Waals surface area contributed by atoms with Gasteiger partial charge in [-0.3, -0.25) is 14.5 Å². The largest absolute Gasteiger partial charge is 0.482 e. The van der Waals surface area contributed by atoms with Crippen molar-refractivity contribution in [3.05, 3.63) is 59.7 Å². The first kappa shape index (κ1) is 16.1. The zero-order valence-electron chi connectivity index (χ0n) is 13.9. The van der Waals surface area contributed by atoms with Crippen LogP contribution < -0.4 is 9.64 Å². The zero-order valence-corrected chi connectivity index (χ0v) is 13.9. The van der Waals surface area contributed by atoms with E-state index in [0.29, 0.717) is 18.0 Å². The van der Waals surface area contributed by atoms with Crippen LogP contribution in [0.4, 0.5) is 5.69 Å². The first-order chi connectivity index (χ1) is 11.5. The summed E-state index contributed by atoms with van der Waals surface area (Å²) in [7, 11) is 1.75. The van der Waals surface area contributed by atoms with Crippen molar-refractivity contribution in [3.8, 4) is 5.75 Å². The topological polar surface area (TPSA) is 49.9 Å². The fraction of sp³-hybridized carbons (Fsp3) is 0.263. The number of nitrogens with zero attached hydrogens (tertiary/aromatic N) is 2. The molecule has 0 saturated carbocycles. The Morgan fingerprint density at radius 1 is 1.21 bits per heavy atom. The molecule has 1 heterocycles. The molecule has 1 aliphatic rings. The highest BCUT2D eigenvalue weighted by Gasteiger charge is 2.28. The average molecular weight is 324 g/mol. The molecule has 0 atom stereocenters. The number of carbonyl (C=O) groups is 2. The maximum absolute atomic E-state index is 12.5. The van der Waals surface area contributed by atoms with Gasteiger partial charge in [-0.15, -0.1) is 0 Å². The van der Waals surface area contributed by atoms with Gasteiger partial charge in [0.05, 0.1) is 5.69 Å². The van der Waals surface area contributed by atoms with Crippen molar-refractivity contribution in [3.63, 3.8) is 0 Å². The van der Waals surface area contributed by atoms with E-state index in [-0.39, 0.29) is 25.0 Å². The molecule has 0 radical (unpaired) electrons. The van der Waals surface area contributed by atoms with E-state index in [2.05, 4.69) is 0 Å². The number of anilines is 1. The smallest absolute Gasteiger partial charge is 0.265 e. The maximum atomic E-state index is 12.5. The number of hydrogen-bond donors (Lipinski definition) is 0. The SMILES string of the molecule is Cc1ccc2c(c1)N(CC(=O)N(C)Cc1ccccc1)C(=O)CO2. The molecule has 2 amide bonds. The van der Waals surface area contributed by atoms with Gasteiger partial charge in [-0.05, 0) is 30.2 Å². The molecular formula is C19H20N2O3. The Labute approximate surface area is 141 Å². The number of hydrogen-bond acceptors (Lipinski definition) is 3. The number of ether oxygens (including phenoxy) is 1. The molecular weight excluding hydrogens is 304 g/mol. The summed E-state index contributed by atoms with van der Waals surface area (Å²) < 4.78 is 5.44. The van der Waals surface area contributed by atoms with Crippen LogP contribution in [0.15, 0.2) is 48.5 Å². The number of likely N-dealkylation sites (N-methyl/N-ethyl adjacent to an activating group) is 1. The average Bonchev–Trinajstić information content (AvgIpc) is 2.58. The van der Waals surface area contributed by atoms with Crippen molar-refractivity contribution in [2.75, 3.05) is 25.1 Å². The first-order valence-corrected chi connectivity index (χ1v) is 7.86. The fourth-order valence-electron chi connectivity index (χ4n) is 2.69. The van der Waals surface area contributed by atoms with E-state index in [0.717, 1.165) is 11.1 Å². The highest BCUT2D eigenvalue weighted by molar-refractivity contribution is 6.02. The van der Waals surface area contributed by atoms with Crippen LogP contribution in [0.25, 0.3) is 0 Å². The van der Waals surface area contributed by atoms with E-state index in [9.17, 15) is 9.59 Å². The van der Waals surface area contributed by atoms with Crippen LogP contribution >= 0.6 is 0 Å². The van der Waals surface area contributed by atoms with Crippen molar-refractivity contribution >= 4 is 17.5 Å². The minimum Gasteiger partial charge on any atom is -0.482 e. The third kappa shape index (κ3) is 3.40. The second-order valence-corrected chi connectivity index (χ2v) is 5.98. The third-order valence-corrected chi connectivity index (χ3v) is 4.04. The van der Waals surface area contributed by atoms with Crippen molar-refractivity contribution in [1.29, 1.82) is 0 Å². The number of benzene rings is 2. The van der Waals surface area contributed by atoms with Crippen LogP contribution in [0.2, 0.25) is 0 Å². The quantitative estimate of drug-likeness (QED) is 0.867. The molecule has 124 valence electrons. The highest BCUT2D eigenvalue weighted by atomic mass is 16.5. The lowest BCUT2D eigenvalue weighted by molar-refractivity contribution is -0.131. The van der Waals surface area contributed by atoms with Gasteiger partial charge < -0.3 is 9.64 Å². The van der Waals surface area contributed by atoms with Crippen molar-refractivity contribution in [2.24, 2.45) is 0 Å². The van der Waals surface area contributed by atoms with Gasteiger partial charge in [-0.1, -0.05) is 36.4 Å². The van der Waals surface area contributed by atoms with Crippen LogP contribution in [0.1, 0.15) is 11.1 Å². The molecule has 0 fully saturated rings. The van der Waals surface area contributed by atoms with Gasteiger partial charge in [-0.2, -0.15) is 0 Å². The monoisotopic (exact) mass is 324 g/mol. The number of aryl methyl sites for hydroxylation is 1. The molecule has 5 nitrogen and oxygen atoms in total. The molecule has 0 aromatic heterocycles. The number of fused-ring (bicyclic) bond motifs is 1. The molecule has 5 heteroatoms. The molecule has 2 aromatic carbocycles. The van der Waals surface area contributed by atoms with Crippen molar-refractivity contribution < 1.29 is 14.3 Å². The summed E-state index contributed by atoms with van der Waals surface area (Å²) in [5, 5.41) is 0. The Bertz CT molecular complexity index is 758. The summed E-state index contributed by atoms with van der Waals surface area (Å²) in [6.07, 6.45) is 0. The predicted molar refractivity (Wildman–Crippen MR) is 91.9 cm³/mol. The minimum absolute atomic E-state index is 0.0159. The van der Waals surface area contributed by atoms with Crippen molar-refractivity contribution in [2.45, 2.75) is 13.5 Å². The molecule has 0 N–H and O–H groups in total. The van der Waals surface area contributed by atoms with Crippen molar-refractivity contribution in [1.82, 2.24) is 4.90 Å². The Hall–Kier alpha value is -2.82. The van der Waals surface area contributed by atoms with Crippen LogP contribution in [0.5, 0.6) is 5.75 Å². The normalized spacial score (nSPS) is 13.2. The predicted octanol–water partition coefficient (Wildman–Crippen LogP) is 2.38. The lowest BCUT2D eigenvalue weighted by Crippen LogP contribution is -2.45. The van der Waals surface area contributed by atoms with Gasteiger partial charge in [0.15, 0.2) is 6.61 Å². The van der Waals surface area contributed by atoms with Gasteiger partial charge in [0, 0.05) is 13.6 Å². The van der Waals surface area contributed by atoms with E-state index >= 15 is 0 Å². The van der Waals surface area contributed by atoms with E-state index in [1.807, 2.05) is 55.5 Å². The summed E-state index contributed by atoms with van der Waals surface area (Å²) in [5.74, 6) is 0.329. The summed E-state index contributed by atoms with van der Waals surface area (Å²) in [6, 6.07) is 15.4. The molecule has 2 aromatic rings. The fourth-order valence-corrected chi connectivity index (χ4v) is 2.69. The zero-order chi connectivity index (χ0) is 17.1. The van der Waals surface area contributed by atoms with Gasteiger partial charge in [-0.25, -0.2) is 0 Å². The Morgan fingerprint density at radius 3 is 2.71 bits per heavy atom. The second kappa shape index (κ2) is 6.74. The summed E-state index contributed by atoms with van der Waals surface area (Å²) in [5.41, 5.74) is 2.73. The second-order valence-electron chi connectivity index (χ2n) is 5.98. The molecule has 0 saturated heterocycles. The number of amides is 2. The lowest BCUT2D eigenvalue weighted by atomic mass is 10.1. The maximum Gasteiger partial charge on any atom is 0.265 e. The van der Waals surface area contributed by atoms with Crippen LogP contribution in [-0.2, 0) is 16.1 Å². The molecule has 0 aliphatic carbocycles. The van der Waals surface area contributed by atoms with Gasteiger partial charge in [0.1, 0.15) is 12.3 Å². The number of rotatable bonds is 4. The Balaban J connectivity index is 1.74. The minimum atomic E-state index is -0.199. The third-order valence-electron chi connectivity index (χ3n) is 4.04. The molecule has 0 unspecified atom stereocenters. The first-order valence-electron chi connectivity index (χ1n) is 7.86. The van der Waals surface area contributed by atoms with E-state index in [1.54, 1.807) is 11.9 Å². The Morgan fingerprint density at radius 2 is 1.96 bits per heavy atom. The molecule has 3 rings (SSSR count). The van der Waals surface area contributed by atoms with E-state index in [1.165, 1.54) is 4.90 Å². The molecule has 0 bridgehead atoms. The van der Waals surface area contributed by atoms with E-state index in [4.69, 9.17) is 4.74 Å². The lowest BCUT2D eigenvalue weighted by Gasteiger charge is -2.30. The van der Waals surface area contributed by atoms with E-state index < -0.39 is 0 Å². The van der Waals surface area contributed by atoms with Crippen LogP contribution in [0.3, 0.4) is 0 Å². The van der Waals surface area contributed by atoms with Gasteiger partial charge in [0.25, 0.3) is 5.91 Å². The Kier molecular flexibility index (Phi) is 4.51. The van der Waals surface area contributed by atoms with Gasteiger partial charge >= 0.3 is 0 Å². The number of carbonyl (C=O) groups excluding carboxylic acids is 2. The van der Waals surface area contributed by atoms with Crippen LogP contribution in [0, 0.1) is 6.92 Å². The summed E-state index contributed by atoms with van der Waals surface area (Å²) >= 11 is 0. The summed E-state index contributed by atoms with van der Waals surface area (Å²) in [4.78, 5) is 27.9.